The second-order valence-electron chi connectivity index (χ2n) is 5.23. The van der Waals surface area contributed by atoms with Crippen LogP contribution in [0.5, 0.6) is 0 Å². The van der Waals surface area contributed by atoms with Crippen LogP contribution in [0.4, 0.5) is 0 Å². The number of carbonyl (C=O) groups excluding carboxylic acids is 1. The van der Waals surface area contributed by atoms with Crippen molar-refractivity contribution in [1.29, 1.82) is 0 Å². The van der Waals surface area contributed by atoms with Gasteiger partial charge in [0.1, 0.15) is 21.2 Å². The minimum Gasteiger partial charge on any atom is -0.459 e. The Morgan fingerprint density at radius 2 is 2.00 bits per heavy atom. The summed E-state index contributed by atoms with van der Waals surface area (Å²) in [7, 11) is -1.32. The van der Waals surface area contributed by atoms with Crippen LogP contribution in [0.2, 0.25) is 0 Å². The maximum Gasteiger partial charge on any atom is 0.222 e. The third kappa shape index (κ3) is 4.60. The highest BCUT2D eigenvalue weighted by molar-refractivity contribution is 7.90. The van der Waals surface area contributed by atoms with E-state index in [4.69, 9.17) is 4.42 Å². The van der Waals surface area contributed by atoms with E-state index >= 15 is 0 Å². The molecule has 6 heteroatoms. The van der Waals surface area contributed by atoms with Crippen molar-refractivity contribution in [2.75, 3.05) is 19.1 Å². The summed E-state index contributed by atoms with van der Waals surface area (Å²) in [4.78, 5) is 13.5. The summed E-state index contributed by atoms with van der Waals surface area (Å²) in [6.45, 7) is 0.381. The Bertz CT molecular complexity index is 700. The van der Waals surface area contributed by atoms with E-state index in [-0.39, 0.29) is 18.1 Å². The summed E-state index contributed by atoms with van der Waals surface area (Å²) < 4.78 is 27.7. The summed E-state index contributed by atoms with van der Waals surface area (Å²) in [5.74, 6) is 0.672. The number of rotatable bonds is 6. The van der Waals surface area contributed by atoms with Gasteiger partial charge >= 0.3 is 0 Å². The van der Waals surface area contributed by atoms with Crippen molar-refractivity contribution in [2.24, 2.45) is 0 Å². The quantitative estimate of drug-likeness (QED) is 0.820. The Morgan fingerprint density at radius 3 is 2.67 bits per heavy atom. The van der Waals surface area contributed by atoms with Gasteiger partial charge in [0, 0.05) is 25.1 Å². The molecule has 0 N–H and O–H groups in total. The molecule has 0 bridgehead atoms. The van der Waals surface area contributed by atoms with Crippen LogP contribution in [0.1, 0.15) is 18.6 Å². The zero-order valence-corrected chi connectivity index (χ0v) is 13.0. The monoisotopic (exact) mass is 309 g/mol. The highest BCUT2D eigenvalue weighted by Crippen LogP contribution is 2.19. The number of para-hydroxylation sites is 1. The molecule has 21 heavy (non-hydrogen) atoms. The van der Waals surface area contributed by atoms with Crippen LogP contribution >= 0.6 is 0 Å². The maximum absolute atomic E-state index is 11.9. The lowest BCUT2D eigenvalue weighted by atomic mass is 10.2. The van der Waals surface area contributed by atoms with E-state index in [9.17, 15) is 13.2 Å². The van der Waals surface area contributed by atoms with Crippen LogP contribution in [-0.2, 0) is 21.2 Å². The number of hydrogen-bond donors (Lipinski definition) is 0. The third-order valence-corrected chi connectivity index (χ3v) is 4.23. The average Bonchev–Trinajstić information content (AvgIpc) is 2.79. The van der Waals surface area contributed by atoms with Crippen molar-refractivity contribution >= 4 is 26.7 Å². The predicted molar refractivity (Wildman–Crippen MR) is 81.6 cm³/mol. The molecular formula is C15H19NO4S. The van der Waals surface area contributed by atoms with E-state index in [1.54, 1.807) is 11.9 Å². The number of fused-ring (bicyclic) bond motifs is 1. The minimum absolute atomic E-state index is 0.0389. The third-order valence-electron chi connectivity index (χ3n) is 3.20. The van der Waals surface area contributed by atoms with Gasteiger partial charge in [-0.15, -0.1) is 0 Å². The van der Waals surface area contributed by atoms with Gasteiger partial charge < -0.3 is 9.32 Å². The molecular weight excluding hydrogens is 290 g/mol. The van der Waals surface area contributed by atoms with E-state index in [1.807, 2.05) is 30.3 Å². The number of sulfone groups is 1. The van der Waals surface area contributed by atoms with Crippen LogP contribution in [0, 0.1) is 0 Å². The number of benzene rings is 1. The molecule has 1 aromatic carbocycles. The first kappa shape index (κ1) is 15.6. The molecule has 5 nitrogen and oxygen atoms in total. The van der Waals surface area contributed by atoms with Crippen molar-refractivity contribution < 1.29 is 17.6 Å². The van der Waals surface area contributed by atoms with Crippen LogP contribution in [0.25, 0.3) is 11.0 Å². The lowest BCUT2D eigenvalue weighted by Gasteiger charge is -2.15. The molecule has 0 aliphatic heterocycles. The van der Waals surface area contributed by atoms with Gasteiger partial charge in [0.05, 0.1) is 12.3 Å². The van der Waals surface area contributed by atoms with Gasteiger partial charge in [-0.3, -0.25) is 4.79 Å². The molecule has 0 aliphatic rings. The number of carbonyl (C=O) groups is 1. The van der Waals surface area contributed by atoms with Gasteiger partial charge in [0.2, 0.25) is 5.91 Å². The standard InChI is InChI=1S/C15H19NO4S/c1-16(15(17)8-5-9-21(2,18)19)11-13-10-12-6-3-4-7-14(12)20-13/h3-4,6-7,10H,5,8-9,11H2,1-2H3. The van der Waals surface area contributed by atoms with E-state index < -0.39 is 9.84 Å². The number of amides is 1. The van der Waals surface area contributed by atoms with Crippen molar-refractivity contribution in [3.05, 3.63) is 36.1 Å². The van der Waals surface area contributed by atoms with Crippen molar-refractivity contribution in [2.45, 2.75) is 19.4 Å². The zero-order chi connectivity index (χ0) is 15.5. The molecule has 0 aliphatic carbocycles. The Hall–Kier alpha value is -1.82. The molecule has 1 aromatic heterocycles. The summed E-state index contributed by atoms with van der Waals surface area (Å²) in [6.07, 6.45) is 1.75. The van der Waals surface area contributed by atoms with Gasteiger partial charge in [-0.2, -0.15) is 0 Å². The molecule has 0 fully saturated rings. The number of hydrogen-bond acceptors (Lipinski definition) is 4. The van der Waals surface area contributed by atoms with Gasteiger partial charge in [-0.25, -0.2) is 8.42 Å². The van der Waals surface area contributed by atoms with Gasteiger partial charge in [0.15, 0.2) is 0 Å². The largest absolute Gasteiger partial charge is 0.459 e. The van der Waals surface area contributed by atoms with Crippen LogP contribution in [0.15, 0.2) is 34.7 Å². The second-order valence-corrected chi connectivity index (χ2v) is 7.49. The fraction of sp³-hybridized carbons (Fsp3) is 0.400. The van der Waals surface area contributed by atoms with Crippen LogP contribution in [-0.4, -0.2) is 38.3 Å². The van der Waals surface area contributed by atoms with Gasteiger partial charge in [-0.1, -0.05) is 18.2 Å². The average molecular weight is 309 g/mol. The maximum atomic E-state index is 11.9. The van der Waals surface area contributed by atoms with Crippen LogP contribution < -0.4 is 0 Å². The molecule has 2 rings (SSSR count). The first-order valence-electron chi connectivity index (χ1n) is 6.74. The Kier molecular flexibility index (Phi) is 4.67. The molecule has 0 spiro atoms. The van der Waals surface area contributed by atoms with E-state index in [0.29, 0.717) is 13.0 Å². The summed E-state index contributed by atoms with van der Waals surface area (Å²) in [6, 6.07) is 9.58. The smallest absolute Gasteiger partial charge is 0.222 e. The first-order valence-corrected chi connectivity index (χ1v) is 8.80. The normalized spacial score (nSPS) is 11.7. The number of furan rings is 1. The fourth-order valence-corrected chi connectivity index (χ4v) is 2.78. The highest BCUT2D eigenvalue weighted by Gasteiger charge is 2.13. The van der Waals surface area contributed by atoms with Gasteiger partial charge in [0.25, 0.3) is 0 Å². The van der Waals surface area contributed by atoms with Gasteiger partial charge in [-0.05, 0) is 18.6 Å². The Labute approximate surface area is 124 Å². The van der Waals surface area contributed by atoms with E-state index in [1.165, 1.54) is 6.26 Å². The molecule has 0 atom stereocenters. The molecule has 1 heterocycles. The zero-order valence-electron chi connectivity index (χ0n) is 12.2. The molecule has 1 amide bonds. The topological polar surface area (TPSA) is 67.6 Å². The minimum atomic E-state index is -3.01. The van der Waals surface area contributed by atoms with E-state index in [2.05, 4.69) is 0 Å². The SMILES string of the molecule is CN(Cc1cc2ccccc2o1)C(=O)CCCS(C)(=O)=O. The molecule has 0 saturated heterocycles. The summed E-state index contributed by atoms with van der Waals surface area (Å²) in [5.41, 5.74) is 0.797. The lowest BCUT2D eigenvalue weighted by Crippen LogP contribution is -2.26. The summed E-state index contributed by atoms with van der Waals surface area (Å²) in [5, 5.41) is 1.01. The highest BCUT2D eigenvalue weighted by atomic mass is 32.2. The van der Waals surface area contributed by atoms with Crippen molar-refractivity contribution in [3.63, 3.8) is 0 Å². The predicted octanol–water partition coefficient (Wildman–Crippen LogP) is 2.22. The Morgan fingerprint density at radius 1 is 1.29 bits per heavy atom. The molecule has 2 aromatic rings. The molecule has 0 unspecified atom stereocenters. The lowest BCUT2D eigenvalue weighted by molar-refractivity contribution is -0.130. The van der Waals surface area contributed by atoms with Crippen molar-refractivity contribution in [1.82, 2.24) is 4.90 Å². The molecule has 0 saturated carbocycles. The van der Waals surface area contributed by atoms with Crippen LogP contribution in [0.3, 0.4) is 0 Å². The Balaban J connectivity index is 1.91. The first-order chi connectivity index (χ1) is 9.85. The summed E-state index contributed by atoms with van der Waals surface area (Å²) >= 11 is 0. The van der Waals surface area contributed by atoms with E-state index in [0.717, 1.165) is 16.7 Å². The van der Waals surface area contributed by atoms with Crippen molar-refractivity contribution in [3.8, 4) is 0 Å². The number of nitrogens with zero attached hydrogens (tertiary/aromatic N) is 1. The second kappa shape index (κ2) is 6.30. The molecule has 0 radical (unpaired) electrons. The molecule has 114 valence electrons. The fourth-order valence-electron chi connectivity index (χ4n) is 2.11.